The summed E-state index contributed by atoms with van der Waals surface area (Å²) >= 11 is 0. The number of aromatic nitrogens is 1. The number of nitrogens with zero attached hydrogens (tertiary/aromatic N) is 2. The second-order valence-electron chi connectivity index (χ2n) is 4.67. The van der Waals surface area contributed by atoms with Crippen molar-refractivity contribution < 1.29 is 17.6 Å². The third-order valence-corrected chi connectivity index (χ3v) is 3.34. The molecule has 1 saturated heterocycles. The van der Waals surface area contributed by atoms with Crippen LogP contribution in [-0.4, -0.2) is 35.6 Å². The molecule has 3 nitrogen and oxygen atoms in total. The molecule has 0 aromatic carbocycles. The zero-order chi connectivity index (χ0) is 14.0. The van der Waals surface area contributed by atoms with Crippen LogP contribution in [0, 0.1) is 23.5 Å². The van der Waals surface area contributed by atoms with Crippen LogP contribution in [0.2, 0.25) is 0 Å². The van der Waals surface area contributed by atoms with Gasteiger partial charge in [-0.3, -0.25) is 4.90 Å². The monoisotopic (exact) mass is 277 g/mol. The van der Waals surface area contributed by atoms with E-state index in [1.54, 1.807) is 0 Å². The summed E-state index contributed by atoms with van der Waals surface area (Å²) in [5.41, 5.74) is -0.795. The van der Waals surface area contributed by atoms with Gasteiger partial charge < -0.3 is 5.32 Å². The molecule has 1 aromatic heterocycles. The van der Waals surface area contributed by atoms with Gasteiger partial charge in [-0.25, -0.2) is 0 Å². The molecule has 0 saturated carbocycles. The van der Waals surface area contributed by atoms with Gasteiger partial charge in [0.15, 0.2) is 0 Å². The standard InChI is InChI=1S/C12H15F4N3/c1-7(19-4-2-3-5-19)6-17-10-8(13)11(15)18-12(16)9(10)14/h7H,2-6H2,1H3,(H,17,18). The van der Waals surface area contributed by atoms with Crippen molar-refractivity contribution in [2.24, 2.45) is 0 Å². The van der Waals surface area contributed by atoms with Crippen molar-refractivity contribution in [3.8, 4) is 0 Å². The Morgan fingerprint density at radius 3 is 2.16 bits per heavy atom. The molecular formula is C12H15F4N3. The van der Waals surface area contributed by atoms with Gasteiger partial charge in [0.05, 0.1) is 0 Å². The lowest BCUT2D eigenvalue weighted by molar-refractivity contribution is 0.268. The van der Waals surface area contributed by atoms with E-state index in [2.05, 4.69) is 15.2 Å². The van der Waals surface area contributed by atoms with E-state index >= 15 is 0 Å². The van der Waals surface area contributed by atoms with E-state index in [-0.39, 0.29) is 12.6 Å². The molecule has 106 valence electrons. The van der Waals surface area contributed by atoms with Crippen LogP contribution in [0.1, 0.15) is 19.8 Å². The SMILES string of the molecule is CC(CNc1c(F)c(F)nc(F)c1F)N1CCCC1. The summed E-state index contributed by atoms with van der Waals surface area (Å²) in [6, 6.07) is 0.0283. The molecule has 0 aliphatic carbocycles. The number of hydrogen-bond donors (Lipinski definition) is 1. The van der Waals surface area contributed by atoms with Crippen LogP contribution in [0.3, 0.4) is 0 Å². The minimum atomic E-state index is -1.64. The number of pyridine rings is 1. The highest BCUT2D eigenvalue weighted by Gasteiger charge is 2.22. The van der Waals surface area contributed by atoms with Crippen LogP contribution < -0.4 is 5.32 Å². The van der Waals surface area contributed by atoms with Crippen molar-refractivity contribution in [1.29, 1.82) is 0 Å². The highest BCUT2D eigenvalue weighted by Crippen LogP contribution is 2.22. The molecule has 1 atom stereocenters. The lowest BCUT2D eigenvalue weighted by Gasteiger charge is -2.24. The van der Waals surface area contributed by atoms with Crippen molar-refractivity contribution in [2.45, 2.75) is 25.8 Å². The van der Waals surface area contributed by atoms with Gasteiger partial charge in [-0.2, -0.15) is 22.5 Å². The fourth-order valence-electron chi connectivity index (χ4n) is 2.20. The third-order valence-electron chi connectivity index (χ3n) is 3.34. The van der Waals surface area contributed by atoms with Gasteiger partial charge in [-0.1, -0.05) is 0 Å². The Hall–Kier alpha value is -1.37. The molecule has 2 rings (SSSR count). The van der Waals surface area contributed by atoms with Crippen molar-refractivity contribution >= 4 is 5.69 Å². The average molecular weight is 277 g/mol. The average Bonchev–Trinajstić information content (AvgIpc) is 2.90. The molecule has 1 N–H and O–H groups in total. The third kappa shape index (κ3) is 2.97. The Balaban J connectivity index is 2.06. The first kappa shape index (κ1) is 14.0. The number of anilines is 1. The summed E-state index contributed by atoms with van der Waals surface area (Å²) in [5, 5.41) is 2.43. The van der Waals surface area contributed by atoms with Gasteiger partial charge >= 0.3 is 0 Å². The first-order valence-electron chi connectivity index (χ1n) is 6.18. The smallest absolute Gasteiger partial charge is 0.253 e. The van der Waals surface area contributed by atoms with Gasteiger partial charge in [0, 0.05) is 12.6 Å². The predicted octanol–water partition coefficient (Wildman–Crippen LogP) is 2.53. The first-order valence-corrected chi connectivity index (χ1v) is 6.18. The number of nitrogens with one attached hydrogen (secondary N) is 1. The number of rotatable bonds is 4. The van der Waals surface area contributed by atoms with Crippen molar-refractivity contribution in [2.75, 3.05) is 25.0 Å². The summed E-state index contributed by atoms with van der Waals surface area (Å²) < 4.78 is 52.5. The first-order chi connectivity index (χ1) is 9.00. The fraction of sp³-hybridized carbons (Fsp3) is 0.583. The van der Waals surface area contributed by atoms with Crippen LogP contribution in [0.4, 0.5) is 23.2 Å². The van der Waals surface area contributed by atoms with Crippen LogP contribution >= 0.6 is 0 Å². The zero-order valence-corrected chi connectivity index (χ0v) is 10.5. The minimum Gasteiger partial charge on any atom is -0.378 e. The quantitative estimate of drug-likeness (QED) is 0.677. The van der Waals surface area contributed by atoms with Gasteiger partial charge in [-0.05, 0) is 32.9 Å². The number of likely N-dealkylation sites (tertiary alicyclic amines) is 1. The van der Waals surface area contributed by atoms with Crippen molar-refractivity contribution in [3.05, 3.63) is 23.5 Å². The summed E-state index contributed by atoms with van der Waals surface area (Å²) in [7, 11) is 0. The molecule has 0 radical (unpaired) electrons. The van der Waals surface area contributed by atoms with Crippen LogP contribution in [-0.2, 0) is 0 Å². The Morgan fingerprint density at radius 2 is 1.63 bits per heavy atom. The summed E-state index contributed by atoms with van der Waals surface area (Å²) in [5.74, 6) is -6.27. The summed E-state index contributed by atoms with van der Waals surface area (Å²) in [4.78, 5) is 4.65. The van der Waals surface area contributed by atoms with Gasteiger partial charge in [0.2, 0.25) is 11.6 Å². The molecule has 0 amide bonds. The Bertz CT molecular complexity index is 435. The molecule has 1 aliphatic rings. The minimum absolute atomic E-state index is 0.0283. The maximum Gasteiger partial charge on any atom is 0.253 e. The topological polar surface area (TPSA) is 28.2 Å². The fourth-order valence-corrected chi connectivity index (χ4v) is 2.20. The molecular weight excluding hydrogens is 262 g/mol. The molecule has 19 heavy (non-hydrogen) atoms. The van der Waals surface area contributed by atoms with E-state index in [0.29, 0.717) is 0 Å². The molecule has 1 aliphatic heterocycles. The maximum absolute atomic E-state index is 13.3. The van der Waals surface area contributed by atoms with Crippen LogP contribution in [0.25, 0.3) is 0 Å². The van der Waals surface area contributed by atoms with Crippen molar-refractivity contribution in [3.63, 3.8) is 0 Å². The highest BCUT2D eigenvalue weighted by molar-refractivity contribution is 5.45. The second kappa shape index (κ2) is 5.73. The number of hydrogen-bond acceptors (Lipinski definition) is 3. The lowest BCUT2D eigenvalue weighted by atomic mass is 10.2. The van der Waals surface area contributed by atoms with Crippen LogP contribution in [0.5, 0.6) is 0 Å². The van der Waals surface area contributed by atoms with Gasteiger partial charge in [0.1, 0.15) is 5.69 Å². The normalized spacial score (nSPS) is 17.7. The summed E-state index contributed by atoms with van der Waals surface area (Å²) in [6.07, 6.45) is 2.18. The number of halogens is 4. The lowest BCUT2D eigenvalue weighted by Crippen LogP contribution is -2.36. The molecule has 1 fully saturated rings. The van der Waals surface area contributed by atoms with E-state index < -0.39 is 29.2 Å². The van der Waals surface area contributed by atoms with Gasteiger partial charge in [0.25, 0.3) is 11.9 Å². The molecule has 0 spiro atoms. The Labute approximate surface area is 108 Å². The maximum atomic E-state index is 13.3. The Kier molecular flexibility index (Phi) is 4.24. The highest BCUT2D eigenvalue weighted by atomic mass is 19.2. The van der Waals surface area contributed by atoms with Crippen LogP contribution in [0.15, 0.2) is 0 Å². The summed E-state index contributed by atoms with van der Waals surface area (Å²) in [6.45, 7) is 3.94. The molecule has 1 unspecified atom stereocenters. The molecule has 7 heteroatoms. The zero-order valence-electron chi connectivity index (χ0n) is 10.5. The van der Waals surface area contributed by atoms with Gasteiger partial charge in [-0.15, -0.1) is 0 Å². The molecule has 0 bridgehead atoms. The van der Waals surface area contributed by atoms with E-state index in [9.17, 15) is 17.6 Å². The molecule has 1 aromatic rings. The molecule has 2 heterocycles. The van der Waals surface area contributed by atoms with E-state index in [1.165, 1.54) is 0 Å². The predicted molar refractivity (Wildman–Crippen MR) is 62.8 cm³/mol. The Morgan fingerprint density at radius 1 is 1.11 bits per heavy atom. The van der Waals surface area contributed by atoms with E-state index in [0.717, 1.165) is 25.9 Å². The van der Waals surface area contributed by atoms with E-state index in [4.69, 9.17) is 0 Å². The largest absolute Gasteiger partial charge is 0.378 e. The van der Waals surface area contributed by atoms with Crippen molar-refractivity contribution in [1.82, 2.24) is 9.88 Å². The van der Waals surface area contributed by atoms with E-state index in [1.807, 2.05) is 6.92 Å². The second-order valence-corrected chi connectivity index (χ2v) is 4.67.